The number of fused-ring (bicyclic) bond motifs is 1. The molecule has 0 saturated heterocycles. The number of aliphatic hydroxyl groups excluding tert-OH is 1. The minimum absolute atomic E-state index is 0.0777. The predicted molar refractivity (Wildman–Crippen MR) is 104 cm³/mol. The summed E-state index contributed by atoms with van der Waals surface area (Å²) in [7, 11) is 1.40. The molecular formula is C17H15Cl2F2N3O2S. The number of alkyl halides is 1. The van der Waals surface area contributed by atoms with Crippen LogP contribution in [0.5, 0.6) is 5.88 Å². The van der Waals surface area contributed by atoms with E-state index in [1.807, 2.05) is 6.07 Å². The molecule has 3 aromatic rings. The number of hydrogen-bond acceptors (Lipinski definition) is 5. The predicted octanol–water partition coefficient (Wildman–Crippen LogP) is 4.94. The van der Waals surface area contributed by atoms with E-state index in [-0.39, 0.29) is 17.6 Å². The number of benzene rings is 1. The van der Waals surface area contributed by atoms with Gasteiger partial charge in [0.2, 0.25) is 5.88 Å². The van der Waals surface area contributed by atoms with Gasteiger partial charge in [-0.3, -0.25) is 0 Å². The number of anilines is 1. The molecule has 27 heavy (non-hydrogen) atoms. The van der Waals surface area contributed by atoms with Gasteiger partial charge in [-0.05, 0) is 24.1 Å². The Morgan fingerprint density at radius 2 is 2.15 bits per heavy atom. The highest BCUT2D eigenvalue weighted by Crippen LogP contribution is 2.35. The number of pyridine rings is 1. The molecule has 3 rings (SSSR count). The van der Waals surface area contributed by atoms with Crippen molar-refractivity contribution >= 4 is 51.7 Å². The van der Waals surface area contributed by atoms with Crippen LogP contribution in [-0.4, -0.2) is 34.5 Å². The van der Waals surface area contributed by atoms with Crippen LogP contribution in [0.25, 0.3) is 10.9 Å². The van der Waals surface area contributed by atoms with Crippen LogP contribution in [0.15, 0.2) is 35.4 Å². The van der Waals surface area contributed by atoms with Gasteiger partial charge in [0, 0.05) is 22.7 Å². The average Bonchev–Trinajstić information content (AvgIpc) is 2.98. The molecule has 0 radical (unpaired) electrons. The number of nitrogens with zero attached hydrogens (tertiary/aromatic N) is 2. The maximum absolute atomic E-state index is 13.7. The van der Waals surface area contributed by atoms with Crippen LogP contribution in [0, 0.1) is 5.82 Å². The number of rotatable bonds is 7. The fraction of sp³-hybridized carbons (Fsp3) is 0.235. The first kappa shape index (κ1) is 20.0. The summed E-state index contributed by atoms with van der Waals surface area (Å²) in [5, 5.41) is 10.7. The largest absolute Gasteiger partial charge is 0.479 e. The number of aromatic nitrogens is 2. The first-order valence-electron chi connectivity index (χ1n) is 7.78. The summed E-state index contributed by atoms with van der Waals surface area (Å²) < 4.78 is 36.2. The van der Waals surface area contributed by atoms with Crippen molar-refractivity contribution in [1.29, 1.82) is 0 Å². The van der Waals surface area contributed by atoms with E-state index < -0.39 is 18.6 Å². The van der Waals surface area contributed by atoms with Gasteiger partial charge in [0.1, 0.15) is 18.5 Å². The molecule has 0 aliphatic rings. The van der Waals surface area contributed by atoms with Crippen molar-refractivity contribution in [2.45, 2.75) is 17.5 Å². The lowest BCUT2D eigenvalue weighted by atomic mass is 10.2. The van der Waals surface area contributed by atoms with E-state index in [1.54, 1.807) is 22.9 Å². The first-order chi connectivity index (χ1) is 12.9. The second-order valence-electron chi connectivity index (χ2n) is 5.64. The molecule has 1 atom stereocenters. The zero-order valence-corrected chi connectivity index (χ0v) is 16.4. The summed E-state index contributed by atoms with van der Waals surface area (Å²) in [5.41, 5.74) is 1.05. The third-order valence-corrected chi connectivity index (χ3v) is 5.12. The zero-order chi connectivity index (χ0) is 19.6. The van der Waals surface area contributed by atoms with Gasteiger partial charge in [-0.15, -0.1) is 0 Å². The average molecular weight is 434 g/mol. The molecule has 0 saturated carbocycles. The summed E-state index contributed by atoms with van der Waals surface area (Å²) in [4.78, 5) is 4.60. The van der Waals surface area contributed by atoms with E-state index in [0.717, 1.165) is 15.8 Å². The van der Waals surface area contributed by atoms with Crippen molar-refractivity contribution in [3.8, 4) is 5.88 Å². The van der Waals surface area contributed by atoms with Gasteiger partial charge >= 0.3 is 0 Å². The van der Waals surface area contributed by atoms with Crippen molar-refractivity contribution in [3.05, 3.63) is 46.5 Å². The molecule has 2 aromatic heterocycles. The van der Waals surface area contributed by atoms with Gasteiger partial charge in [0.15, 0.2) is 11.0 Å². The summed E-state index contributed by atoms with van der Waals surface area (Å²) in [6.45, 7) is -0.776. The molecule has 2 N–H and O–H groups in total. The molecule has 10 heteroatoms. The van der Waals surface area contributed by atoms with Gasteiger partial charge < -0.3 is 19.1 Å². The lowest BCUT2D eigenvalue weighted by molar-refractivity contribution is 0.123. The number of aliphatic hydroxyl groups is 1. The van der Waals surface area contributed by atoms with E-state index >= 15 is 0 Å². The van der Waals surface area contributed by atoms with E-state index in [2.05, 4.69) is 9.71 Å². The molecule has 0 spiro atoms. The third-order valence-electron chi connectivity index (χ3n) is 3.76. The molecule has 0 aliphatic heterocycles. The Balaban J connectivity index is 1.92. The molecule has 0 aliphatic carbocycles. The molecule has 144 valence electrons. The number of methoxy groups -OCH3 is 1. The van der Waals surface area contributed by atoms with Gasteiger partial charge in [-0.25, -0.2) is 8.78 Å². The standard InChI is InChI=1S/C17H15Cl2F2N3O2S/c1-26-17-13(5-12(21)16(19)22-17)23-27-15-8-24(7-10(25)6-20)14-4-9(18)2-3-11(14)15/h2-5,8,10,23,25H,6-7H2,1H3. The summed E-state index contributed by atoms with van der Waals surface area (Å²) in [5.74, 6) is -0.533. The van der Waals surface area contributed by atoms with Crippen molar-refractivity contribution in [3.63, 3.8) is 0 Å². The number of hydrogen-bond donors (Lipinski definition) is 2. The second kappa shape index (κ2) is 8.52. The second-order valence-corrected chi connectivity index (χ2v) is 7.28. The SMILES string of the molecule is COc1nc(Cl)c(F)cc1NSc1cn(CC(O)CF)c2cc(Cl)ccc12. The lowest BCUT2D eigenvalue weighted by Crippen LogP contribution is -2.17. The highest BCUT2D eigenvalue weighted by Gasteiger charge is 2.15. The molecular weight excluding hydrogens is 419 g/mol. The Kier molecular flexibility index (Phi) is 6.31. The zero-order valence-electron chi connectivity index (χ0n) is 14.0. The Hall–Kier alpha value is -1.74. The van der Waals surface area contributed by atoms with E-state index in [4.69, 9.17) is 27.9 Å². The van der Waals surface area contributed by atoms with Crippen LogP contribution in [0.3, 0.4) is 0 Å². The normalized spacial score (nSPS) is 12.4. The van der Waals surface area contributed by atoms with Crippen molar-refractivity contribution in [2.75, 3.05) is 18.5 Å². The summed E-state index contributed by atoms with van der Waals surface area (Å²) >= 11 is 12.9. The minimum atomic E-state index is -1.12. The summed E-state index contributed by atoms with van der Waals surface area (Å²) in [6, 6.07) is 6.46. The highest BCUT2D eigenvalue weighted by atomic mass is 35.5. The van der Waals surface area contributed by atoms with Gasteiger partial charge in [0.05, 0.1) is 24.1 Å². The highest BCUT2D eigenvalue weighted by molar-refractivity contribution is 8.00. The minimum Gasteiger partial charge on any atom is -0.479 e. The number of ether oxygens (including phenoxy) is 1. The van der Waals surface area contributed by atoms with Gasteiger partial charge in [-0.1, -0.05) is 29.3 Å². The van der Waals surface area contributed by atoms with Crippen molar-refractivity contribution < 1.29 is 18.6 Å². The Labute approximate surface area is 168 Å². The first-order valence-corrected chi connectivity index (χ1v) is 9.35. The number of nitrogens with one attached hydrogen (secondary N) is 1. The molecule has 5 nitrogen and oxygen atoms in total. The van der Waals surface area contributed by atoms with E-state index in [1.165, 1.54) is 25.1 Å². The smallest absolute Gasteiger partial charge is 0.239 e. The van der Waals surface area contributed by atoms with Gasteiger partial charge in [0.25, 0.3) is 0 Å². The third kappa shape index (κ3) is 4.40. The Morgan fingerprint density at radius 1 is 1.37 bits per heavy atom. The molecule has 1 unspecified atom stereocenters. The number of halogens is 4. The maximum atomic E-state index is 13.7. The molecule has 1 aromatic carbocycles. The van der Waals surface area contributed by atoms with Crippen molar-refractivity contribution in [1.82, 2.24) is 9.55 Å². The lowest BCUT2D eigenvalue weighted by Gasteiger charge is -2.10. The van der Waals surface area contributed by atoms with Crippen LogP contribution in [-0.2, 0) is 6.54 Å². The maximum Gasteiger partial charge on any atom is 0.239 e. The molecule has 0 fully saturated rings. The van der Waals surface area contributed by atoms with Crippen LogP contribution in [0.2, 0.25) is 10.2 Å². The van der Waals surface area contributed by atoms with Crippen LogP contribution < -0.4 is 9.46 Å². The fourth-order valence-electron chi connectivity index (χ4n) is 2.53. The Bertz CT molecular complexity index is 971. The topological polar surface area (TPSA) is 59.3 Å². The van der Waals surface area contributed by atoms with Crippen LogP contribution in [0.1, 0.15) is 0 Å². The fourth-order valence-corrected chi connectivity index (χ4v) is 3.66. The van der Waals surface area contributed by atoms with Crippen LogP contribution >= 0.6 is 35.1 Å². The van der Waals surface area contributed by atoms with Gasteiger partial charge in [-0.2, -0.15) is 4.98 Å². The van der Waals surface area contributed by atoms with E-state index in [9.17, 15) is 13.9 Å². The molecule has 2 heterocycles. The van der Waals surface area contributed by atoms with E-state index in [0.29, 0.717) is 10.7 Å². The summed E-state index contributed by atoms with van der Waals surface area (Å²) in [6.07, 6.45) is 0.629. The van der Waals surface area contributed by atoms with Crippen molar-refractivity contribution in [2.24, 2.45) is 0 Å². The monoisotopic (exact) mass is 433 g/mol. The molecule has 0 amide bonds. The quantitative estimate of drug-likeness (QED) is 0.408. The van der Waals surface area contributed by atoms with Crippen LogP contribution in [0.4, 0.5) is 14.5 Å². The Morgan fingerprint density at radius 3 is 2.85 bits per heavy atom. The molecule has 0 bridgehead atoms.